The quantitative estimate of drug-likeness (QED) is 0.299. The van der Waals surface area contributed by atoms with Crippen molar-refractivity contribution in [1.29, 1.82) is 0 Å². The van der Waals surface area contributed by atoms with Gasteiger partial charge < -0.3 is 23.3 Å². The van der Waals surface area contributed by atoms with Crippen LogP contribution in [0.25, 0.3) is 33.0 Å². The topological polar surface area (TPSA) is 0 Å². The molecule has 0 spiro atoms. The van der Waals surface area contributed by atoms with Crippen LogP contribution in [-0.2, 0) is 98.1 Å². The van der Waals surface area contributed by atoms with Gasteiger partial charge in [-0.05, 0) is 0 Å². The summed E-state index contributed by atoms with van der Waals surface area (Å²) in [5, 5.41) is 2.32. The summed E-state index contributed by atoms with van der Waals surface area (Å²) >= 11 is 0. The van der Waals surface area contributed by atoms with Gasteiger partial charge in [-0.25, -0.2) is 12.1 Å². The number of fused-ring (bicyclic) bond motifs is 1. The summed E-state index contributed by atoms with van der Waals surface area (Å²) in [5.74, 6) is 0. The molecule has 0 aliphatic heterocycles. The van der Waals surface area contributed by atoms with E-state index in [0.29, 0.717) is 0 Å². The zero-order valence-electron chi connectivity index (χ0n) is 13.7. The summed E-state index contributed by atoms with van der Waals surface area (Å²) in [6.45, 7) is 0. The van der Waals surface area contributed by atoms with E-state index in [0.717, 1.165) is 27.6 Å². The van der Waals surface area contributed by atoms with E-state index in [4.69, 9.17) is 0 Å². The Morgan fingerprint density at radius 1 is 0.520 bits per heavy atom. The third-order valence-corrected chi connectivity index (χ3v) is 3.67. The summed E-state index contributed by atoms with van der Waals surface area (Å²) in [5.41, 5.74) is 4.01. The molecule has 0 saturated heterocycles. The summed E-state index contributed by atoms with van der Waals surface area (Å²) in [7, 11) is 0. The summed E-state index contributed by atoms with van der Waals surface area (Å²) < 4.78 is 0. The van der Waals surface area contributed by atoms with Crippen LogP contribution in [-0.4, -0.2) is 0 Å². The van der Waals surface area contributed by atoms with Crippen LogP contribution in [0.5, 0.6) is 0 Å². The van der Waals surface area contributed by atoms with E-state index in [2.05, 4.69) is 48.5 Å². The van der Waals surface area contributed by atoms with Crippen LogP contribution < -0.4 is 0 Å². The van der Waals surface area contributed by atoms with Crippen molar-refractivity contribution >= 4 is 10.8 Å². The molecule has 0 nitrogen and oxygen atoms in total. The van der Waals surface area contributed by atoms with Crippen LogP contribution >= 0.6 is 0 Å². The minimum absolute atomic E-state index is 0. The molecule has 4 aromatic rings. The van der Waals surface area contributed by atoms with Crippen molar-refractivity contribution in [3.63, 3.8) is 0 Å². The van der Waals surface area contributed by atoms with Crippen molar-refractivity contribution in [2.75, 3.05) is 0 Å². The second-order valence-corrected chi connectivity index (χ2v) is 5.13. The van der Waals surface area contributed by atoms with E-state index in [9.17, 15) is 0 Å². The van der Waals surface area contributed by atoms with Gasteiger partial charge in [-0.1, -0.05) is 23.6 Å². The molecule has 0 amide bonds. The molecule has 4 aromatic carbocycles. The van der Waals surface area contributed by atoms with E-state index >= 15 is 0 Å². The van der Waals surface area contributed by atoms with E-state index < -0.39 is 0 Å². The van der Waals surface area contributed by atoms with Gasteiger partial charge in [0.05, 0.1) is 0 Å². The van der Waals surface area contributed by atoms with E-state index in [1.54, 1.807) is 0 Å². The van der Waals surface area contributed by atoms with Crippen molar-refractivity contribution in [2.24, 2.45) is 0 Å². The normalized spacial score (nSPS) is 9.44. The fraction of sp³-hybridized carbons (Fsp3) is 0. The summed E-state index contributed by atoms with van der Waals surface area (Å²) in [4.78, 5) is 0. The van der Waals surface area contributed by atoms with Crippen molar-refractivity contribution in [3.8, 4) is 22.3 Å². The van der Waals surface area contributed by atoms with Crippen molar-refractivity contribution < 1.29 is 98.1 Å². The van der Waals surface area contributed by atoms with Crippen LogP contribution in [0.15, 0.2) is 72.8 Å². The molecule has 0 heterocycles. The minimum Gasteiger partial charge on any atom is -0.377 e. The van der Waals surface area contributed by atoms with Gasteiger partial charge in [-0.2, -0.15) is 17.7 Å². The molecule has 0 aliphatic rings. The first-order valence-electron chi connectivity index (χ1n) is 7.23. The van der Waals surface area contributed by atoms with Gasteiger partial charge in [-0.15, -0.1) is 35.7 Å². The Balaban J connectivity index is 0.00000104. The van der Waals surface area contributed by atoms with Crippen LogP contribution in [0, 0.1) is 24.3 Å². The Bertz CT molecular complexity index is 934. The van der Waals surface area contributed by atoms with Gasteiger partial charge in [-0.3, -0.25) is 17.7 Å². The molecule has 3 heteroatoms. The van der Waals surface area contributed by atoms with Crippen LogP contribution in [0.3, 0.4) is 0 Å². The second kappa shape index (κ2) is 11.3. The zero-order chi connectivity index (χ0) is 14.8. The van der Waals surface area contributed by atoms with Gasteiger partial charge in [0.2, 0.25) is 0 Å². The molecule has 0 N–H and O–H groups in total. The third-order valence-electron chi connectivity index (χ3n) is 3.67. The fourth-order valence-electron chi connectivity index (χ4n) is 2.54. The van der Waals surface area contributed by atoms with E-state index in [-0.39, 0.29) is 98.1 Å². The molecule has 25 heavy (non-hydrogen) atoms. The molecular formula is C22H12Y3-4. The molecule has 113 valence electrons. The Morgan fingerprint density at radius 3 is 2.08 bits per heavy atom. The standard InChI is InChI=1S/C22H12.3Y/c1-2-7-17(8-3-1)20-11-6-12-21(15-20)22-14-13-18-9-4-5-10-19(18)16-22;;;/h1-7,9-10,12-14H;;;/q-4;;;. The summed E-state index contributed by atoms with van der Waals surface area (Å²) in [6, 6.07) is 37.7. The average Bonchev–Trinajstić information content (AvgIpc) is 2.62. The maximum absolute atomic E-state index is 3.47. The van der Waals surface area contributed by atoms with Crippen LogP contribution in [0.4, 0.5) is 0 Å². The predicted molar refractivity (Wildman–Crippen MR) is 90.2 cm³/mol. The van der Waals surface area contributed by atoms with Gasteiger partial charge in [0.15, 0.2) is 0 Å². The molecule has 0 unspecified atom stereocenters. The van der Waals surface area contributed by atoms with Crippen molar-refractivity contribution in [2.45, 2.75) is 0 Å². The number of hydrogen-bond donors (Lipinski definition) is 0. The molecule has 0 aromatic heterocycles. The fourth-order valence-corrected chi connectivity index (χ4v) is 2.54. The Morgan fingerprint density at radius 2 is 1.28 bits per heavy atom. The summed E-state index contributed by atoms with van der Waals surface area (Å²) in [6.07, 6.45) is 0. The van der Waals surface area contributed by atoms with Crippen molar-refractivity contribution in [1.82, 2.24) is 0 Å². The van der Waals surface area contributed by atoms with E-state index in [1.165, 1.54) is 5.39 Å². The molecule has 0 atom stereocenters. The first kappa shape index (κ1) is 23.5. The van der Waals surface area contributed by atoms with Gasteiger partial charge in [0.1, 0.15) is 0 Å². The van der Waals surface area contributed by atoms with Crippen LogP contribution in [0.2, 0.25) is 0 Å². The number of hydrogen-bond acceptors (Lipinski definition) is 0. The second-order valence-electron chi connectivity index (χ2n) is 5.13. The Labute approximate surface area is 224 Å². The molecule has 4 rings (SSSR count). The largest absolute Gasteiger partial charge is 0.377 e. The monoisotopic (exact) mass is 543 g/mol. The Kier molecular flexibility index (Phi) is 10.6. The number of rotatable bonds is 2. The van der Waals surface area contributed by atoms with Crippen molar-refractivity contribution in [3.05, 3.63) is 97.1 Å². The van der Waals surface area contributed by atoms with Crippen LogP contribution in [0.1, 0.15) is 0 Å². The average molecular weight is 543 g/mol. The van der Waals surface area contributed by atoms with Gasteiger partial charge >= 0.3 is 0 Å². The third kappa shape index (κ3) is 5.71. The smallest absolute Gasteiger partial charge is 0 e. The molecule has 0 saturated carbocycles. The maximum atomic E-state index is 3.47. The van der Waals surface area contributed by atoms with E-state index in [1.807, 2.05) is 48.5 Å². The molecule has 0 bridgehead atoms. The first-order valence-corrected chi connectivity index (χ1v) is 7.23. The van der Waals surface area contributed by atoms with Gasteiger partial charge in [0.25, 0.3) is 0 Å². The van der Waals surface area contributed by atoms with Gasteiger partial charge in [0, 0.05) is 98.1 Å². The molecular weight excluding hydrogens is 531 g/mol. The zero-order valence-corrected chi connectivity index (χ0v) is 22.2. The molecule has 0 aliphatic carbocycles. The number of benzene rings is 4. The predicted octanol–water partition coefficient (Wildman–Crippen LogP) is 5.37. The minimum atomic E-state index is 0. The molecule has 0 fully saturated rings. The maximum Gasteiger partial charge on any atom is 0 e. The SMILES string of the molecule is [Y].[Y].[Y].[c-]1ccc(-c2[c-]c3ccccc3cc2)[c-]c1-c1[c-]cccc1. The molecule has 3 radical (unpaired) electrons. The first-order chi connectivity index (χ1) is 10.9. The Hall–Kier alpha value is 0.452.